The van der Waals surface area contributed by atoms with E-state index in [1.807, 2.05) is 0 Å². The molecule has 0 saturated carbocycles. The lowest BCUT2D eigenvalue weighted by atomic mass is 10.2. The molecule has 0 bridgehead atoms. The number of carbonyl (C=O) groups is 1. The molecule has 10 nitrogen and oxygen atoms in total. The molecule has 0 fully saturated rings. The van der Waals surface area contributed by atoms with Crippen LogP contribution >= 0.6 is 35.9 Å². The van der Waals surface area contributed by atoms with Gasteiger partial charge in [-0.25, -0.2) is 13.4 Å². The van der Waals surface area contributed by atoms with E-state index in [9.17, 15) is 27.6 Å². The van der Waals surface area contributed by atoms with Gasteiger partial charge in [-0.15, -0.1) is 28.3 Å². The van der Waals surface area contributed by atoms with Crippen molar-refractivity contribution in [3.63, 3.8) is 0 Å². The van der Waals surface area contributed by atoms with Crippen molar-refractivity contribution in [2.24, 2.45) is 0 Å². The number of rotatable bonds is 8. The molecule has 0 atom stereocenters. The van der Waals surface area contributed by atoms with E-state index in [1.165, 1.54) is 78.1 Å². The second kappa shape index (κ2) is 11.5. The summed E-state index contributed by atoms with van der Waals surface area (Å²) in [5.41, 5.74) is 0.164. The van der Waals surface area contributed by atoms with E-state index in [1.54, 1.807) is 11.6 Å². The maximum Gasteiger partial charge on any atom is 0.356 e. The van der Waals surface area contributed by atoms with Crippen LogP contribution in [0.5, 0.6) is 23.0 Å². The van der Waals surface area contributed by atoms with E-state index in [4.69, 9.17) is 9.47 Å². The van der Waals surface area contributed by atoms with Gasteiger partial charge >= 0.3 is 7.60 Å². The number of benzene rings is 3. The molecule has 0 unspecified atom stereocenters. The predicted molar refractivity (Wildman–Crippen MR) is 145 cm³/mol. The first-order valence-corrected chi connectivity index (χ1v) is 14.5. The smallest absolute Gasteiger partial charge is 0.356 e. The largest absolute Gasteiger partial charge is 0.457 e. The van der Waals surface area contributed by atoms with E-state index >= 15 is 0 Å². The van der Waals surface area contributed by atoms with Crippen molar-refractivity contribution in [2.75, 3.05) is 11.6 Å². The number of ether oxygens (including phenoxy) is 2. The molecule has 0 aliphatic heterocycles. The number of sulfone groups is 1. The van der Waals surface area contributed by atoms with E-state index in [0.717, 1.165) is 6.26 Å². The van der Waals surface area contributed by atoms with Crippen LogP contribution in [0.25, 0.3) is 0 Å². The molecule has 37 heavy (non-hydrogen) atoms. The third kappa shape index (κ3) is 7.71. The monoisotopic (exact) mass is 626 g/mol. The van der Waals surface area contributed by atoms with Gasteiger partial charge in [-0.05, 0) is 54.6 Å². The van der Waals surface area contributed by atoms with Crippen LogP contribution < -0.4 is 20.1 Å². The Kier molecular flexibility index (Phi) is 8.90. The molecular formula is C23H20BrN2O8PS2. The standard InChI is InChI=1S/C23H19N2O8PS2.BrH/c1-36(30,31)21-7-5-16(6-8-21)32-18-11-15(22(26)25-23-24-9-10-35-23)12-19(13-18)33-17-3-2-4-20(14-17)34(27,28)29;/h2-14H,1H3,(H,24,25,26)(H2,27,28,29);1H. The number of halogens is 1. The summed E-state index contributed by atoms with van der Waals surface area (Å²) in [7, 11) is -7.88. The zero-order valence-electron chi connectivity index (χ0n) is 19.0. The molecule has 3 N–H and O–H groups in total. The highest BCUT2D eigenvalue weighted by atomic mass is 79.9. The number of hydrogen-bond donors (Lipinski definition) is 3. The molecule has 14 heteroatoms. The van der Waals surface area contributed by atoms with Gasteiger partial charge in [0.15, 0.2) is 15.0 Å². The van der Waals surface area contributed by atoms with E-state index in [-0.39, 0.29) is 50.0 Å². The number of carbonyl (C=O) groups excluding carboxylic acids is 1. The predicted octanol–water partition coefficient (Wildman–Crippen LogP) is 4.76. The molecule has 0 aliphatic rings. The Bertz CT molecular complexity index is 1560. The Hall–Kier alpha value is -3.06. The number of amides is 1. The molecule has 194 valence electrons. The van der Waals surface area contributed by atoms with Gasteiger partial charge < -0.3 is 19.3 Å². The first kappa shape index (κ1) is 28.5. The van der Waals surface area contributed by atoms with Gasteiger partial charge in [-0.1, -0.05) is 6.07 Å². The highest BCUT2D eigenvalue weighted by Gasteiger charge is 2.18. The summed E-state index contributed by atoms with van der Waals surface area (Å²) in [5, 5.41) is 4.53. The Morgan fingerprint density at radius 2 is 1.59 bits per heavy atom. The van der Waals surface area contributed by atoms with Gasteiger partial charge in [0, 0.05) is 29.5 Å². The molecule has 4 rings (SSSR count). The van der Waals surface area contributed by atoms with Crippen LogP contribution in [0.4, 0.5) is 5.13 Å². The maximum absolute atomic E-state index is 12.8. The third-order valence-electron chi connectivity index (χ3n) is 4.67. The first-order chi connectivity index (χ1) is 17.0. The number of thiazole rings is 1. The van der Waals surface area contributed by atoms with Crippen LogP contribution in [-0.4, -0.2) is 35.4 Å². The van der Waals surface area contributed by atoms with Crippen LogP contribution in [0.3, 0.4) is 0 Å². The van der Waals surface area contributed by atoms with Crippen molar-refractivity contribution in [3.8, 4) is 23.0 Å². The SMILES string of the molecule is Br.CS(=O)(=O)c1ccc(Oc2cc(Oc3cccc(P(=O)(O)O)c3)cc(C(=O)Nc3nccs3)c2)cc1. The number of aromatic nitrogens is 1. The van der Waals surface area contributed by atoms with E-state index in [0.29, 0.717) is 10.9 Å². The highest BCUT2D eigenvalue weighted by Crippen LogP contribution is 2.36. The van der Waals surface area contributed by atoms with Crippen molar-refractivity contribution in [3.05, 3.63) is 83.9 Å². The Balaban J connectivity index is 0.00000380. The Morgan fingerprint density at radius 3 is 2.16 bits per heavy atom. The van der Waals surface area contributed by atoms with Crippen LogP contribution in [0.15, 0.2) is 83.2 Å². The number of hydrogen-bond acceptors (Lipinski definition) is 8. The first-order valence-electron chi connectivity index (χ1n) is 10.2. The van der Waals surface area contributed by atoms with Crippen molar-refractivity contribution in [2.45, 2.75) is 4.90 Å². The molecule has 1 amide bonds. The van der Waals surface area contributed by atoms with Gasteiger partial charge in [0.05, 0.1) is 10.2 Å². The summed E-state index contributed by atoms with van der Waals surface area (Å²) in [6, 6.07) is 15.5. The van der Waals surface area contributed by atoms with Crippen LogP contribution in [0, 0.1) is 0 Å². The maximum atomic E-state index is 12.8. The fraction of sp³-hybridized carbons (Fsp3) is 0.0435. The molecule has 0 spiro atoms. The number of anilines is 1. The van der Waals surface area contributed by atoms with Crippen molar-refractivity contribution in [1.82, 2.24) is 4.98 Å². The van der Waals surface area contributed by atoms with Crippen molar-refractivity contribution in [1.29, 1.82) is 0 Å². The molecule has 3 aromatic carbocycles. The summed E-state index contributed by atoms with van der Waals surface area (Å²) >= 11 is 1.24. The average molecular weight is 627 g/mol. The molecular weight excluding hydrogens is 607 g/mol. The lowest BCUT2D eigenvalue weighted by Crippen LogP contribution is -2.12. The van der Waals surface area contributed by atoms with Crippen LogP contribution in [0.2, 0.25) is 0 Å². The molecule has 0 radical (unpaired) electrons. The summed E-state index contributed by atoms with van der Waals surface area (Å²) in [4.78, 5) is 35.9. The minimum atomic E-state index is -4.50. The molecule has 0 aliphatic carbocycles. The normalized spacial score (nSPS) is 11.3. The van der Waals surface area contributed by atoms with Crippen molar-refractivity contribution >= 4 is 62.1 Å². The van der Waals surface area contributed by atoms with Crippen LogP contribution in [0.1, 0.15) is 10.4 Å². The second-order valence-electron chi connectivity index (χ2n) is 7.47. The summed E-state index contributed by atoms with van der Waals surface area (Å²) in [5.74, 6) is 0.324. The van der Waals surface area contributed by atoms with Crippen LogP contribution in [-0.2, 0) is 14.4 Å². The topological polar surface area (TPSA) is 152 Å². The molecule has 4 aromatic rings. The van der Waals surface area contributed by atoms with Gasteiger partial charge in [-0.3, -0.25) is 14.7 Å². The number of nitrogens with one attached hydrogen (secondary N) is 1. The molecule has 0 saturated heterocycles. The zero-order chi connectivity index (χ0) is 25.9. The average Bonchev–Trinajstić information content (AvgIpc) is 3.31. The van der Waals surface area contributed by atoms with E-state index in [2.05, 4.69) is 10.3 Å². The molecule has 1 aromatic heterocycles. The van der Waals surface area contributed by atoms with Gasteiger partial charge in [0.25, 0.3) is 5.91 Å². The summed E-state index contributed by atoms with van der Waals surface area (Å²) in [6.45, 7) is 0. The van der Waals surface area contributed by atoms with Crippen molar-refractivity contribution < 1.29 is 37.0 Å². The zero-order valence-corrected chi connectivity index (χ0v) is 23.2. The Morgan fingerprint density at radius 1 is 0.946 bits per heavy atom. The highest BCUT2D eigenvalue weighted by molar-refractivity contribution is 8.93. The van der Waals surface area contributed by atoms with Gasteiger partial charge in [-0.2, -0.15) is 0 Å². The Labute approximate surface area is 226 Å². The second-order valence-corrected chi connectivity index (χ2v) is 12.0. The minimum Gasteiger partial charge on any atom is -0.457 e. The van der Waals surface area contributed by atoms with Gasteiger partial charge in [0.1, 0.15) is 23.0 Å². The lowest BCUT2D eigenvalue weighted by molar-refractivity contribution is 0.102. The summed E-state index contributed by atoms with van der Waals surface area (Å²) < 4.78 is 46.6. The van der Waals surface area contributed by atoms with E-state index < -0.39 is 23.3 Å². The summed E-state index contributed by atoms with van der Waals surface area (Å²) in [6.07, 6.45) is 2.64. The fourth-order valence-electron chi connectivity index (χ4n) is 3.03. The molecule has 1 heterocycles. The quantitative estimate of drug-likeness (QED) is 0.235. The fourth-order valence-corrected chi connectivity index (χ4v) is 4.76. The third-order valence-corrected chi connectivity index (χ3v) is 7.44. The number of nitrogens with zero attached hydrogens (tertiary/aromatic N) is 1. The lowest BCUT2D eigenvalue weighted by Gasteiger charge is -2.13. The van der Waals surface area contributed by atoms with Gasteiger partial charge in [0.2, 0.25) is 0 Å². The minimum absolute atomic E-state index is 0.